The highest BCUT2D eigenvalue weighted by Gasteiger charge is 2.24. The van der Waals surface area contributed by atoms with Crippen molar-refractivity contribution in [2.75, 3.05) is 39.9 Å². The minimum atomic E-state index is 0.0302. The molecule has 1 heterocycles. The van der Waals surface area contributed by atoms with Gasteiger partial charge < -0.3 is 10.1 Å². The number of likely N-dealkylation sites (tertiary alicyclic amines) is 1. The number of carbonyl (C=O) groups is 2. The maximum atomic E-state index is 11.6. The summed E-state index contributed by atoms with van der Waals surface area (Å²) in [6.45, 7) is 5.03. The largest absolute Gasteiger partial charge is 0.385 e. The topological polar surface area (TPSA) is 58.6 Å². The van der Waals surface area contributed by atoms with Gasteiger partial charge in [-0.15, -0.1) is 0 Å². The highest BCUT2D eigenvalue weighted by atomic mass is 16.5. The van der Waals surface area contributed by atoms with Crippen molar-refractivity contribution >= 4 is 11.7 Å². The van der Waals surface area contributed by atoms with Crippen molar-refractivity contribution in [1.82, 2.24) is 10.2 Å². The van der Waals surface area contributed by atoms with Gasteiger partial charge in [0.15, 0.2) is 0 Å². The Hall–Kier alpha value is -0.940. The number of hydrogen-bond donors (Lipinski definition) is 1. The molecule has 0 radical (unpaired) electrons. The van der Waals surface area contributed by atoms with Crippen molar-refractivity contribution in [1.29, 1.82) is 0 Å². The van der Waals surface area contributed by atoms with E-state index >= 15 is 0 Å². The fraction of sp³-hybridized carbons (Fsp3) is 0.833. The molecule has 0 aromatic rings. The third-order valence-corrected chi connectivity index (χ3v) is 2.97. The summed E-state index contributed by atoms with van der Waals surface area (Å²) in [6.07, 6.45) is 1.40. The summed E-state index contributed by atoms with van der Waals surface area (Å²) in [6, 6.07) is 0. The van der Waals surface area contributed by atoms with Crippen LogP contribution in [0.1, 0.15) is 19.8 Å². The van der Waals surface area contributed by atoms with Crippen LogP contribution in [0.2, 0.25) is 0 Å². The normalized spacial score (nSPS) is 21.5. The van der Waals surface area contributed by atoms with E-state index in [1.165, 1.54) is 0 Å². The molecule has 1 atom stereocenters. The molecule has 0 aromatic carbocycles. The average molecular weight is 242 g/mol. The van der Waals surface area contributed by atoms with Crippen molar-refractivity contribution in [3.63, 3.8) is 0 Å². The third-order valence-electron chi connectivity index (χ3n) is 2.97. The molecule has 17 heavy (non-hydrogen) atoms. The lowest BCUT2D eigenvalue weighted by Crippen LogP contribution is -2.45. The van der Waals surface area contributed by atoms with Gasteiger partial charge in [0, 0.05) is 45.7 Å². The highest BCUT2D eigenvalue weighted by molar-refractivity contribution is 5.82. The number of ether oxygens (including phenoxy) is 1. The number of ketones is 1. The van der Waals surface area contributed by atoms with Crippen LogP contribution in [0.4, 0.5) is 0 Å². The summed E-state index contributed by atoms with van der Waals surface area (Å²) in [7, 11) is 1.65. The first kappa shape index (κ1) is 14.1. The Kier molecular flexibility index (Phi) is 6.15. The third kappa shape index (κ3) is 5.28. The van der Waals surface area contributed by atoms with Gasteiger partial charge in [-0.05, 0) is 6.42 Å². The van der Waals surface area contributed by atoms with Gasteiger partial charge in [0.25, 0.3) is 0 Å². The van der Waals surface area contributed by atoms with Gasteiger partial charge in [-0.25, -0.2) is 0 Å². The Morgan fingerprint density at radius 2 is 2.35 bits per heavy atom. The van der Waals surface area contributed by atoms with E-state index in [0.29, 0.717) is 45.0 Å². The van der Waals surface area contributed by atoms with Gasteiger partial charge in [0.1, 0.15) is 5.78 Å². The van der Waals surface area contributed by atoms with Crippen LogP contribution in [0.15, 0.2) is 0 Å². The molecule has 0 aliphatic carbocycles. The van der Waals surface area contributed by atoms with Gasteiger partial charge in [0.05, 0.1) is 6.54 Å². The number of amides is 1. The van der Waals surface area contributed by atoms with Gasteiger partial charge in [-0.1, -0.05) is 6.92 Å². The molecule has 0 bridgehead atoms. The molecule has 1 fully saturated rings. The number of carbonyl (C=O) groups excluding carboxylic acids is 2. The summed E-state index contributed by atoms with van der Waals surface area (Å²) in [5.74, 6) is 0.398. The molecule has 1 rings (SSSR count). The molecule has 1 saturated heterocycles. The van der Waals surface area contributed by atoms with Crippen LogP contribution in [0.5, 0.6) is 0 Å². The summed E-state index contributed by atoms with van der Waals surface area (Å²) in [5, 5.41) is 2.85. The van der Waals surface area contributed by atoms with Crippen LogP contribution < -0.4 is 5.32 Å². The number of piperidine rings is 1. The molecule has 1 amide bonds. The minimum absolute atomic E-state index is 0.0302. The highest BCUT2D eigenvalue weighted by Crippen LogP contribution is 2.11. The summed E-state index contributed by atoms with van der Waals surface area (Å²) in [4.78, 5) is 25.0. The first-order valence-electron chi connectivity index (χ1n) is 6.14. The van der Waals surface area contributed by atoms with E-state index in [4.69, 9.17) is 4.74 Å². The number of nitrogens with zero attached hydrogens (tertiary/aromatic N) is 1. The lowest BCUT2D eigenvalue weighted by molar-refractivity contribution is -0.129. The number of Topliss-reactive ketones (excluding diaryl/α,β-unsaturated/α-hetero) is 1. The van der Waals surface area contributed by atoms with Crippen LogP contribution in [0.3, 0.4) is 0 Å². The predicted octanol–water partition coefficient (Wildman–Crippen LogP) is 0.0500. The molecule has 0 saturated carbocycles. The standard InChI is InChI=1S/C12H22N2O3/c1-10-8-14(6-4-11(10)15)9-12(16)13-5-3-7-17-2/h10H,3-9H2,1-2H3,(H,13,16). The smallest absolute Gasteiger partial charge is 0.234 e. The zero-order valence-corrected chi connectivity index (χ0v) is 10.7. The Morgan fingerprint density at radius 3 is 3.00 bits per heavy atom. The molecule has 0 spiro atoms. The zero-order chi connectivity index (χ0) is 12.7. The number of nitrogens with one attached hydrogen (secondary N) is 1. The Morgan fingerprint density at radius 1 is 1.59 bits per heavy atom. The number of hydrogen-bond acceptors (Lipinski definition) is 4. The lowest BCUT2D eigenvalue weighted by atomic mass is 9.99. The molecular weight excluding hydrogens is 220 g/mol. The fourth-order valence-corrected chi connectivity index (χ4v) is 1.94. The minimum Gasteiger partial charge on any atom is -0.385 e. The van der Waals surface area contributed by atoms with Crippen LogP contribution in [0.25, 0.3) is 0 Å². The van der Waals surface area contributed by atoms with Crippen molar-refractivity contribution in [2.24, 2.45) is 5.92 Å². The average Bonchev–Trinajstić information content (AvgIpc) is 2.30. The van der Waals surface area contributed by atoms with E-state index in [-0.39, 0.29) is 11.8 Å². The molecule has 1 unspecified atom stereocenters. The summed E-state index contributed by atoms with van der Waals surface area (Å²) >= 11 is 0. The Balaban J connectivity index is 2.16. The second-order valence-electron chi connectivity index (χ2n) is 4.55. The fourth-order valence-electron chi connectivity index (χ4n) is 1.94. The quantitative estimate of drug-likeness (QED) is 0.669. The lowest BCUT2D eigenvalue weighted by Gasteiger charge is -2.29. The van der Waals surface area contributed by atoms with Crippen molar-refractivity contribution in [3.05, 3.63) is 0 Å². The first-order valence-corrected chi connectivity index (χ1v) is 6.14. The van der Waals surface area contributed by atoms with Gasteiger partial charge in [-0.2, -0.15) is 0 Å². The molecular formula is C12H22N2O3. The Labute approximate surface area is 102 Å². The predicted molar refractivity (Wildman–Crippen MR) is 64.7 cm³/mol. The van der Waals surface area contributed by atoms with Crippen LogP contribution >= 0.6 is 0 Å². The molecule has 5 nitrogen and oxygen atoms in total. The maximum Gasteiger partial charge on any atom is 0.234 e. The maximum absolute atomic E-state index is 11.6. The second-order valence-corrected chi connectivity index (χ2v) is 4.55. The zero-order valence-electron chi connectivity index (χ0n) is 10.7. The van der Waals surface area contributed by atoms with Crippen molar-refractivity contribution in [3.8, 4) is 0 Å². The monoisotopic (exact) mass is 242 g/mol. The molecule has 1 aliphatic heterocycles. The van der Waals surface area contributed by atoms with E-state index in [1.54, 1.807) is 7.11 Å². The second kappa shape index (κ2) is 7.40. The summed E-state index contributed by atoms with van der Waals surface area (Å²) < 4.78 is 4.90. The molecule has 0 aromatic heterocycles. The van der Waals surface area contributed by atoms with E-state index in [0.717, 1.165) is 6.42 Å². The van der Waals surface area contributed by atoms with Crippen molar-refractivity contribution < 1.29 is 14.3 Å². The summed E-state index contributed by atoms with van der Waals surface area (Å²) in [5.41, 5.74) is 0. The SMILES string of the molecule is COCCCNC(=O)CN1CCC(=O)C(C)C1. The van der Waals surface area contributed by atoms with Crippen LogP contribution in [0, 0.1) is 5.92 Å². The Bertz CT molecular complexity index is 268. The number of methoxy groups -OCH3 is 1. The van der Waals surface area contributed by atoms with Gasteiger partial charge in [0.2, 0.25) is 5.91 Å². The van der Waals surface area contributed by atoms with Crippen LogP contribution in [-0.2, 0) is 14.3 Å². The van der Waals surface area contributed by atoms with E-state index in [9.17, 15) is 9.59 Å². The van der Waals surface area contributed by atoms with E-state index in [1.807, 2.05) is 11.8 Å². The molecule has 1 N–H and O–H groups in total. The van der Waals surface area contributed by atoms with Crippen molar-refractivity contribution in [2.45, 2.75) is 19.8 Å². The molecule has 5 heteroatoms. The van der Waals surface area contributed by atoms with E-state index < -0.39 is 0 Å². The van der Waals surface area contributed by atoms with Crippen LogP contribution in [-0.4, -0.2) is 56.5 Å². The van der Waals surface area contributed by atoms with Gasteiger partial charge >= 0.3 is 0 Å². The van der Waals surface area contributed by atoms with Gasteiger partial charge in [-0.3, -0.25) is 14.5 Å². The number of rotatable bonds is 6. The van der Waals surface area contributed by atoms with E-state index in [2.05, 4.69) is 5.32 Å². The molecule has 98 valence electrons. The molecule has 1 aliphatic rings. The first-order chi connectivity index (χ1) is 8.13.